The van der Waals surface area contributed by atoms with Gasteiger partial charge in [0.15, 0.2) is 17.5 Å². The summed E-state index contributed by atoms with van der Waals surface area (Å²) in [5, 5.41) is 6.87. The topological polar surface area (TPSA) is 54.9 Å². The lowest BCUT2D eigenvalue weighted by Crippen LogP contribution is -2.40. The third-order valence-corrected chi connectivity index (χ3v) is 5.05. The first-order chi connectivity index (χ1) is 13.2. The molecule has 0 radical (unpaired) electrons. The second-order valence-electron chi connectivity index (χ2n) is 6.84. The molecule has 0 saturated heterocycles. The minimum Gasteiger partial charge on any atom is -0.493 e. The van der Waals surface area contributed by atoms with Gasteiger partial charge in [-0.3, -0.25) is 4.99 Å². The monoisotopic (exact) mass is 367 g/mol. The van der Waals surface area contributed by atoms with Crippen LogP contribution in [0.5, 0.6) is 11.5 Å². The van der Waals surface area contributed by atoms with Crippen LogP contribution in [0.3, 0.4) is 0 Å². The highest BCUT2D eigenvalue weighted by atomic mass is 16.5. The molecule has 2 N–H and O–H groups in total. The minimum absolute atomic E-state index is 0.251. The van der Waals surface area contributed by atoms with E-state index in [9.17, 15) is 0 Å². The van der Waals surface area contributed by atoms with Crippen molar-refractivity contribution in [1.29, 1.82) is 0 Å². The summed E-state index contributed by atoms with van der Waals surface area (Å²) in [5.41, 5.74) is 2.78. The maximum absolute atomic E-state index is 5.65. The number of ether oxygens (including phenoxy) is 2. The van der Waals surface area contributed by atoms with Crippen molar-refractivity contribution < 1.29 is 9.47 Å². The van der Waals surface area contributed by atoms with Crippen LogP contribution in [-0.2, 0) is 12.0 Å². The number of nitrogens with one attached hydrogen (secondary N) is 2. The first kappa shape index (κ1) is 19.1. The van der Waals surface area contributed by atoms with Gasteiger partial charge in [0, 0.05) is 25.6 Å². The van der Waals surface area contributed by atoms with Gasteiger partial charge >= 0.3 is 0 Å². The Bertz CT molecular complexity index is 770. The SMILES string of the molecule is CCOc1cc(CNC(=NC)NCC2(c3ccccc3)CC2)ccc1OC. The summed E-state index contributed by atoms with van der Waals surface area (Å²) in [6.45, 7) is 4.14. The zero-order valence-electron chi connectivity index (χ0n) is 16.4. The maximum atomic E-state index is 5.65. The van der Waals surface area contributed by atoms with Crippen molar-refractivity contribution in [2.45, 2.75) is 31.7 Å². The van der Waals surface area contributed by atoms with Crippen molar-refractivity contribution in [1.82, 2.24) is 10.6 Å². The third kappa shape index (κ3) is 4.73. The van der Waals surface area contributed by atoms with Gasteiger partial charge in [-0.15, -0.1) is 0 Å². The fraction of sp³-hybridized carbons (Fsp3) is 0.409. The fourth-order valence-electron chi connectivity index (χ4n) is 3.27. The van der Waals surface area contributed by atoms with Crippen LogP contribution in [0, 0.1) is 0 Å². The first-order valence-electron chi connectivity index (χ1n) is 9.50. The highest BCUT2D eigenvalue weighted by molar-refractivity contribution is 5.79. The molecule has 0 bridgehead atoms. The van der Waals surface area contributed by atoms with Crippen LogP contribution < -0.4 is 20.1 Å². The van der Waals surface area contributed by atoms with Crippen LogP contribution in [0.25, 0.3) is 0 Å². The van der Waals surface area contributed by atoms with Crippen molar-refractivity contribution >= 4 is 5.96 Å². The van der Waals surface area contributed by atoms with Gasteiger partial charge in [0.2, 0.25) is 0 Å². The Labute approximate surface area is 161 Å². The van der Waals surface area contributed by atoms with E-state index in [-0.39, 0.29) is 5.41 Å². The number of hydrogen-bond acceptors (Lipinski definition) is 3. The Morgan fingerprint density at radius 3 is 2.48 bits per heavy atom. The van der Waals surface area contributed by atoms with E-state index >= 15 is 0 Å². The van der Waals surface area contributed by atoms with Gasteiger partial charge in [0.25, 0.3) is 0 Å². The normalized spacial score (nSPS) is 15.1. The van der Waals surface area contributed by atoms with E-state index < -0.39 is 0 Å². The Morgan fingerprint density at radius 1 is 1.07 bits per heavy atom. The number of benzene rings is 2. The molecule has 27 heavy (non-hydrogen) atoms. The molecule has 0 aliphatic heterocycles. The van der Waals surface area contributed by atoms with E-state index in [4.69, 9.17) is 9.47 Å². The molecule has 0 unspecified atom stereocenters. The highest BCUT2D eigenvalue weighted by Gasteiger charge is 2.43. The molecule has 1 saturated carbocycles. The van der Waals surface area contributed by atoms with Gasteiger partial charge in [-0.25, -0.2) is 0 Å². The molecule has 5 nitrogen and oxygen atoms in total. The van der Waals surface area contributed by atoms with Crippen LogP contribution >= 0.6 is 0 Å². The third-order valence-electron chi connectivity index (χ3n) is 5.05. The van der Waals surface area contributed by atoms with Crippen molar-refractivity contribution in [2.75, 3.05) is 27.3 Å². The minimum atomic E-state index is 0.251. The van der Waals surface area contributed by atoms with Crippen molar-refractivity contribution in [2.24, 2.45) is 4.99 Å². The molecule has 1 fully saturated rings. The van der Waals surface area contributed by atoms with Gasteiger partial charge in [-0.2, -0.15) is 0 Å². The van der Waals surface area contributed by atoms with Crippen LogP contribution in [0.15, 0.2) is 53.5 Å². The number of nitrogens with zero attached hydrogens (tertiary/aromatic N) is 1. The molecular weight excluding hydrogens is 338 g/mol. The Kier molecular flexibility index (Phi) is 6.22. The van der Waals surface area contributed by atoms with Crippen LogP contribution in [0.1, 0.15) is 30.9 Å². The average Bonchev–Trinajstić information content (AvgIpc) is 3.50. The Balaban J connectivity index is 1.56. The number of hydrogen-bond donors (Lipinski definition) is 2. The van der Waals surface area contributed by atoms with Gasteiger partial charge in [0.1, 0.15) is 0 Å². The zero-order chi connectivity index (χ0) is 19.1. The van der Waals surface area contributed by atoms with Crippen LogP contribution in [0.2, 0.25) is 0 Å². The largest absolute Gasteiger partial charge is 0.493 e. The van der Waals surface area contributed by atoms with Gasteiger partial charge in [0.05, 0.1) is 13.7 Å². The maximum Gasteiger partial charge on any atom is 0.191 e. The van der Waals surface area contributed by atoms with E-state index in [0.717, 1.165) is 29.6 Å². The van der Waals surface area contributed by atoms with E-state index in [1.807, 2.05) is 25.1 Å². The molecule has 3 rings (SSSR count). The molecule has 144 valence electrons. The van der Waals surface area contributed by atoms with Crippen LogP contribution in [-0.4, -0.2) is 33.3 Å². The lowest BCUT2D eigenvalue weighted by molar-refractivity contribution is 0.310. The van der Waals surface area contributed by atoms with Gasteiger partial charge < -0.3 is 20.1 Å². The summed E-state index contributed by atoms with van der Waals surface area (Å²) in [5.74, 6) is 2.33. The molecular formula is C22H29N3O2. The summed E-state index contributed by atoms with van der Waals surface area (Å²) in [6.07, 6.45) is 2.44. The Morgan fingerprint density at radius 2 is 1.85 bits per heavy atom. The van der Waals surface area contributed by atoms with E-state index in [2.05, 4.69) is 46.0 Å². The molecule has 0 spiro atoms. The first-order valence-corrected chi connectivity index (χ1v) is 9.50. The average molecular weight is 367 g/mol. The summed E-state index contributed by atoms with van der Waals surface area (Å²) < 4.78 is 11.0. The predicted molar refractivity (Wildman–Crippen MR) is 110 cm³/mol. The summed E-state index contributed by atoms with van der Waals surface area (Å²) >= 11 is 0. The molecule has 1 aliphatic carbocycles. The molecule has 2 aromatic carbocycles. The van der Waals surface area contributed by atoms with E-state index in [1.165, 1.54) is 18.4 Å². The fourth-order valence-corrected chi connectivity index (χ4v) is 3.27. The summed E-state index contributed by atoms with van der Waals surface area (Å²) in [6, 6.07) is 16.7. The van der Waals surface area contributed by atoms with E-state index in [0.29, 0.717) is 13.2 Å². The molecule has 2 aromatic rings. The highest BCUT2D eigenvalue weighted by Crippen LogP contribution is 2.47. The lowest BCUT2D eigenvalue weighted by Gasteiger charge is -2.19. The standard InChI is InChI=1S/C22H29N3O2/c1-4-27-20-14-17(10-11-19(20)26-3)15-24-21(23-2)25-16-22(12-13-22)18-8-6-5-7-9-18/h5-11,14H,4,12-13,15-16H2,1-3H3,(H2,23,24,25). The van der Waals surface area contributed by atoms with E-state index in [1.54, 1.807) is 14.2 Å². The molecule has 0 heterocycles. The van der Waals surface area contributed by atoms with Crippen molar-refractivity contribution in [3.05, 3.63) is 59.7 Å². The van der Waals surface area contributed by atoms with Crippen LogP contribution in [0.4, 0.5) is 0 Å². The lowest BCUT2D eigenvalue weighted by atomic mass is 9.96. The summed E-state index contributed by atoms with van der Waals surface area (Å²) in [7, 11) is 3.46. The van der Waals surface area contributed by atoms with Crippen molar-refractivity contribution in [3.8, 4) is 11.5 Å². The Hall–Kier alpha value is -2.69. The molecule has 0 aromatic heterocycles. The number of rotatable bonds is 8. The smallest absolute Gasteiger partial charge is 0.191 e. The summed E-state index contributed by atoms with van der Waals surface area (Å²) in [4.78, 5) is 4.36. The number of methoxy groups -OCH3 is 1. The molecule has 0 amide bonds. The molecule has 1 aliphatic rings. The second kappa shape index (κ2) is 8.80. The molecule has 5 heteroatoms. The number of aliphatic imine (C=N–C) groups is 1. The predicted octanol–water partition coefficient (Wildman–Crippen LogP) is 3.49. The zero-order valence-corrected chi connectivity index (χ0v) is 16.4. The van der Waals surface area contributed by atoms with Gasteiger partial charge in [-0.1, -0.05) is 36.4 Å². The quantitative estimate of drug-likeness (QED) is 0.554. The number of guanidine groups is 1. The molecule has 0 atom stereocenters. The second-order valence-corrected chi connectivity index (χ2v) is 6.84. The van der Waals surface area contributed by atoms with Crippen molar-refractivity contribution in [3.63, 3.8) is 0 Å². The van der Waals surface area contributed by atoms with Gasteiger partial charge in [-0.05, 0) is 43.0 Å².